The molecular weight excluding hydrogens is 338 g/mol. The van der Waals surface area contributed by atoms with E-state index in [-0.39, 0.29) is 18.6 Å². The van der Waals surface area contributed by atoms with Crippen molar-refractivity contribution in [2.45, 2.75) is 66.0 Å². The summed E-state index contributed by atoms with van der Waals surface area (Å²) in [7, 11) is 0. The lowest BCUT2D eigenvalue weighted by Crippen LogP contribution is -2.36. The molecule has 3 atom stereocenters. The van der Waals surface area contributed by atoms with Gasteiger partial charge in [0.25, 0.3) is 0 Å². The van der Waals surface area contributed by atoms with Crippen LogP contribution in [0.4, 0.5) is 0 Å². The molecule has 0 aliphatic heterocycles. The van der Waals surface area contributed by atoms with Crippen molar-refractivity contribution >= 4 is 17.0 Å². The molecule has 1 heterocycles. The first-order valence-electron chi connectivity index (χ1n) is 10.0. The van der Waals surface area contributed by atoms with Crippen molar-refractivity contribution < 1.29 is 9.53 Å². The van der Waals surface area contributed by atoms with E-state index in [0.29, 0.717) is 23.3 Å². The van der Waals surface area contributed by atoms with E-state index in [0.717, 1.165) is 36.1 Å². The fraction of sp³-hybridized carbons (Fsp3) is 0.591. The van der Waals surface area contributed by atoms with Gasteiger partial charge in [0, 0.05) is 6.42 Å². The summed E-state index contributed by atoms with van der Waals surface area (Å²) < 4.78 is 7.86. The van der Waals surface area contributed by atoms with Gasteiger partial charge in [0.1, 0.15) is 18.5 Å². The van der Waals surface area contributed by atoms with Gasteiger partial charge in [-0.2, -0.15) is 5.26 Å². The predicted molar refractivity (Wildman–Crippen MR) is 105 cm³/mol. The van der Waals surface area contributed by atoms with Crippen molar-refractivity contribution in [3.63, 3.8) is 0 Å². The first kappa shape index (κ1) is 19.4. The number of esters is 1. The minimum Gasteiger partial charge on any atom is -0.461 e. The van der Waals surface area contributed by atoms with Crippen molar-refractivity contribution in [3.8, 4) is 6.07 Å². The van der Waals surface area contributed by atoms with Gasteiger partial charge >= 0.3 is 5.97 Å². The van der Waals surface area contributed by atoms with Crippen LogP contribution >= 0.6 is 0 Å². The number of hydrogen-bond donors (Lipinski definition) is 0. The van der Waals surface area contributed by atoms with Gasteiger partial charge in [-0.15, -0.1) is 0 Å². The smallest absolute Gasteiger partial charge is 0.326 e. The number of hydrogen-bond acceptors (Lipinski definition) is 4. The number of carbonyl (C=O) groups excluding carboxylic acids is 1. The third-order valence-electron chi connectivity index (χ3n) is 5.80. The quantitative estimate of drug-likeness (QED) is 0.731. The number of rotatable bonds is 5. The van der Waals surface area contributed by atoms with Crippen LogP contribution in [0.15, 0.2) is 18.2 Å². The number of carbonyl (C=O) groups is 1. The van der Waals surface area contributed by atoms with Crippen LogP contribution in [0.25, 0.3) is 11.0 Å². The molecule has 1 aromatic heterocycles. The number of nitrogens with zero attached hydrogens (tertiary/aromatic N) is 3. The summed E-state index contributed by atoms with van der Waals surface area (Å²) in [5.74, 6) is 2.16. The van der Waals surface area contributed by atoms with Gasteiger partial charge in [0.05, 0.1) is 22.7 Å². The molecule has 0 bridgehead atoms. The number of aryl methyl sites for hydroxylation is 1. The molecule has 1 saturated carbocycles. The number of aromatic nitrogens is 2. The zero-order valence-electron chi connectivity index (χ0n) is 16.7. The van der Waals surface area contributed by atoms with Gasteiger partial charge in [0.2, 0.25) is 0 Å². The monoisotopic (exact) mass is 367 g/mol. The van der Waals surface area contributed by atoms with E-state index in [9.17, 15) is 10.1 Å². The minimum atomic E-state index is -0.212. The minimum absolute atomic E-state index is 0.00391. The van der Waals surface area contributed by atoms with Gasteiger partial charge in [-0.1, -0.05) is 34.1 Å². The highest BCUT2D eigenvalue weighted by molar-refractivity contribution is 5.80. The van der Waals surface area contributed by atoms with Gasteiger partial charge in [-0.05, 0) is 48.8 Å². The third-order valence-corrected chi connectivity index (χ3v) is 5.80. The molecule has 1 aliphatic rings. The maximum absolute atomic E-state index is 12.8. The van der Waals surface area contributed by atoms with Crippen molar-refractivity contribution in [2.24, 2.45) is 17.8 Å². The summed E-state index contributed by atoms with van der Waals surface area (Å²) >= 11 is 0. The molecule has 0 unspecified atom stereocenters. The fourth-order valence-corrected chi connectivity index (χ4v) is 4.27. The molecule has 5 heteroatoms. The summed E-state index contributed by atoms with van der Waals surface area (Å²) in [4.78, 5) is 17.4. The lowest BCUT2D eigenvalue weighted by Gasteiger charge is -2.36. The highest BCUT2D eigenvalue weighted by atomic mass is 16.5. The summed E-state index contributed by atoms with van der Waals surface area (Å²) in [5.41, 5.74) is 2.20. The Morgan fingerprint density at radius 2 is 2.19 bits per heavy atom. The Bertz CT molecular complexity index is 862. The van der Waals surface area contributed by atoms with E-state index >= 15 is 0 Å². The molecule has 2 aromatic rings. The molecule has 1 fully saturated rings. The van der Waals surface area contributed by atoms with Crippen LogP contribution in [0.1, 0.15) is 58.3 Å². The molecule has 5 nitrogen and oxygen atoms in total. The zero-order valence-corrected chi connectivity index (χ0v) is 16.7. The van der Waals surface area contributed by atoms with E-state index in [1.165, 1.54) is 6.42 Å². The second-order valence-corrected chi connectivity index (χ2v) is 8.14. The average molecular weight is 367 g/mol. The van der Waals surface area contributed by atoms with E-state index in [1.54, 1.807) is 12.1 Å². The topological polar surface area (TPSA) is 67.9 Å². The number of fused-ring (bicyclic) bond motifs is 1. The van der Waals surface area contributed by atoms with Crippen molar-refractivity contribution in [1.82, 2.24) is 9.55 Å². The second kappa shape index (κ2) is 8.12. The fourth-order valence-electron chi connectivity index (χ4n) is 4.27. The predicted octanol–water partition coefficient (Wildman–Crippen LogP) is 4.47. The summed E-state index contributed by atoms with van der Waals surface area (Å²) in [5, 5.41) is 9.18. The second-order valence-electron chi connectivity index (χ2n) is 8.14. The molecule has 144 valence electrons. The van der Waals surface area contributed by atoms with Crippen LogP contribution < -0.4 is 0 Å². The van der Waals surface area contributed by atoms with Gasteiger partial charge in [-0.25, -0.2) is 4.98 Å². The molecule has 0 radical (unpaired) electrons. The van der Waals surface area contributed by atoms with E-state index < -0.39 is 0 Å². The number of ether oxygens (including phenoxy) is 1. The number of benzene rings is 1. The SMILES string of the molecule is CCc1nc2ccc(C#N)cc2n1CC(=O)O[C@@H]1C[C@H](C)CC[C@H]1C(C)C. The first-order valence-corrected chi connectivity index (χ1v) is 10.0. The number of nitriles is 1. The van der Waals surface area contributed by atoms with E-state index in [4.69, 9.17) is 4.74 Å². The zero-order chi connectivity index (χ0) is 19.6. The van der Waals surface area contributed by atoms with Crippen LogP contribution in [0, 0.1) is 29.1 Å². The Balaban J connectivity index is 1.82. The summed E-state index contributed by atoms with van der Waals surface area (Å²) in [6.07, 6.45) is 3.99. The van der Waals surface area contributed by atoms with Crippen LogP contribution in [-0.4, -0.2) is 21.6 Å². The maximum Gasteiger partial charge on any atom is 0.326 e. The van der Waals surface area contributed by atoms with Crippen LogP contribution in [0.2, 0.25) is 0 Å². The standard InChI is InChI=1S/C22H29N3O2/c1-5-21-24-18-9-7-16(12-23)11-19(18)25(21)13-22(26)27-20-10-15(4)6-8-17(20)14(2)3/h7,9,11,14-15,17,20H,5-6,8,10,13H2,1-4H3/t15-,17+,20-/m1/s1. The van der Waals surface area contributed by atoms with E-state index in [2.05, 4.69) is 31.8 Å². The van der Waals surface area contributed by atoms with Crippen molar-refractivity contribution in [2.75, 3.05) is 0 Å². The van der Waals surface area contributed by atoms with Crippen molar-refractivity contribution in [3.05, 3.63) is 29.6 Å². The van der Waals surface area contributed by atoms with Gasteiger partial charge < -0.3 is 9.30 Å². The Morgan fingerprint density at radius 3 is 2.85 bits per heavy atom. The van der Waals surface area contributed by atoms with E-state index in [1.807, 2.05) is 17.6 Å². The third kappa shape index (κ3) is 4.16. The highest BCUT2D eigenvalue weighted by Gasteiger charge is 2.33. The normalized spacial score (nSPS) is 22.7. The maximum atomic E-state index is 12.8. The molecule has 0 amide bonds. The molecular formula is C22H29N3O2. The Kier molecular flexibility index (Phi) is 5.84. The van der Waals surface area contributed by atoms with Crippen molar-refractivity contribution in [1.29, 1.82) is 5.26 Å². The van der Waals surface area contributed by atoms with Crippen LogP contribution in [-0.2, 0) is 22.5 Å². The number of imidazole rings is 1. The van der Waals surface area contributed by atoms with Crippen LogP contribution in [0.3, 0.4) is 0 Å². The average Bonchev–Trinajstić information content (AvgIpc) is 2.98. The molecule has 0 spiro atoms. The molecule has 3 rings (SSSR count). The van der Waals surface area contributed by atoms with Gasteiger partial charge in [0.15, 0.2) is 0 Å². The molecule has 0 N–H and O–H groups in total. The lowest BCUT2D eigenvalue weighted by atomic mass is 9.75. The molecule has 0 saturated heterocycles. The summed E-state index contributed by atoms with van der Waals surface area (Å²) in [6.45, 7) is 8.82. The Morgan fingerprint density at radius 1 is 1.41 bits per heavy atom. The molecule has 1 aromatic carbocycles. The lowest BCUT2D eigenvalue weighted by molar-refractivity contribution is -0.156. The Hall–Kier alpha value is -2.35. The molecule has 1 aliphatic carbocycles. The van der Waals surface area contributed by atoms with Crippen LogP contribution in [0.5, 0.6) is 0 Å². The molecule has 27 heavy (non-hydrogen) atoms. The largest absolute Gasteiger partial charge is 0.461 e. The first-order chi connectivity index (χ1) is 12.9. The van der Waals surface area contributed by atoms with Gasteiger partial charge in [-0.3, -0.25) is 4.79 Å². The summed E-state index contributed by atoms with van der Waals surface area (Å²) in [6, 6.07) is 7.56. The highest BCUT2D eigenvalue weighted by Crippen LogP contribution is 2.35. The Labute approximate surface area is 161 Å².